The van der Waals surface area contributed by atoms with E-state index in [0.29, 0.717) is 33.0 Å². The molecule has 0 fully saturated rings. The maximum Gasteiger partial charge on any atom is 0.161 e. The van der Waals surface area contributed by atoms with E-state index in [1.165, 1.54) is 5.56 Å². The minimum Gasteiger partial charge on any atom is -0.486 e. The van der Waals surface area contributed by atoms with Crippen molar-refractivity contribution in [2.24, 2.45) is 0 Å². The van der Waals surface area contributed by atoms with Crippen LogP contribution in [0.2, 0.25) is 0 Å². The molecule has 5 nitrogen and oxygen atoms in total. The molecule has 3 rings (SSSR count). The van der Waals surface area contributed by atoms with Crippen LogP contribution in [0.5, 0.6) is 11.5 Å². The van der Waals surface area contributed by atoms with Crippen LogP contribution >= 0.6 is 0 Å². The Morgan fingerprint density at radius 3 is 2.64 bits per heavy atom. The lowest BCUT2D eigenvalue weighted by Gasteiger charge is -2.19. The first-order chi connectivity index (χ1) is 12.3. The molecule has 0 aromatic heterocycles. The van der Waals surface area contributed by atoms with Crippen LogP contribution in [0.4, 0.5) is 0 Å². The first-order valence-corrected chi connectivity index (χ1v) is 8.70. The van der Waals surface area contributed by atoms with Crippen molar-refractivity contribution in [3.63, 3.8) is 0 Å². The summed E-state index contributed by atoms with van der Waals surface area (Å²) in [6.45, 7) is 3.36. The molecular weight excluding hydrogens is 318 g/mol. The number of hydrogen-bond acceptors (Lipinski definition) is 5. The average molecular weight is 343 g/mol. The Kier molecular flexibility index (Phi) is 6.68. The molecule has 2 N–H and O–H groups in total. The number of hydrogen-bond donors (Lipinski definition) is 2. The van der Waals surface area contributed by atoms with Gasteiger partial charge in [0.05, 0.1) is 19.3 Å². The van der Waals surface area contributed by atoms with Crippen molar-refractivity contribution in [3.05, 3.63) is 59.7 Å². The Bertz CT molecular complexity index is 647. The minimum atomic E-state index is -0.510. The van der Waals surface area contributed by atoms with Crippen LogP contribution < -0.4 is 14.8 Å². The van der Waals surface area contributed by atoms with Gasteiger partial charge in [0.2, 0.25) is 0 Å². The van der Waals surface area contributed by atoms with E-state index in [0.717, 1.165) is 30.0 Å². The van der Waals surface area contributed by atoms with E-state index in [4.69, 9.17) is 14.2 Å². The molecular formula is C20H25NO4. The Hall–Kier alpha value is -2.08. The van der Waals surface area contributed by atoms with Gasteiger partial charge >= 0.3 is 0 Å². The van der Waals surface area contributed by atoms with Crippen LogP contribution in [0.1, 0.15) is 11.1 Å². The Morgan fingerprint density at radius 2 is 1.80 bits per heavy atom. The third kappa shape index (κ3) is 5.74. The summed E-state index contributed by atoms with van der Waals surface area (Å²) >= 11 is 0. The minimum absolute atomic E-state index is 0.325. The van der Waals surface area contributed by atoms with Crippen LogP contribution in [0.15, 0.2) is 48.5 Å². The quantitative estimate of drug-likeness (QED) is 0.684. The molecule has 0 saturated carbocycles. The third-order valence-electron chi connectivity index (χ3n) is 4.00. The highest BCUT2D eigenvalue weighted by Gasteiger charge is 2.11. The van der Waals surface area contributed by atoms with Gasteiger partial charge in [-0.2, -0.15) is 0 Å². The largest absolute Gasteiger partial charge is 0.486 e. The van der Waals surface area contributed by atoms with E-state index >= 15 is 0 Å². The first kappa shape index (κ1) is 17.7. The summed E-state index contributed by atoms with van der Waals surface area (Å²) in [4.78, 5) is 0. The zero-order valence-corrected chi connectivity index (χ0v) is 14.3. The van der Waals surface area contributed by atoms with Crippen LogP contribution in [0.3, 0.4) is 0 Å². The molecule has 1 aliphatic rings. The van der Waals surface area contributed by atoms with Crippen LogP contribution in [0, 0.1) is 0 Å². The summed E-state index contributed by atoms with van der Waals surface area (Å²) in [5, 5.41) is 13.2. The summed E-state index contributed by atoms with van der Waals surface area (Å²) in [5.41, 5.74) is 2.30. The van der Waals surface area contributed by atoms with E-state index in [2.05, 4.69) is 11.4 Å². The zero-order chi connectivity index (χ0) is 17.3. The Labute approximate surface area is 148 Å². The number of ether oxygens (including phenoxy) is 3. The van der Waals surface area contributed by atoms with Gasteiger partial charge in [-0.1, -0.05) is 36.4 Å². The second-order valence-electron chi connectivity index (χ2n) is 6.09. The van der Waals surface area contributed by atoms with E-state index in [1.54, 1.807) is 0 Å². The monoisotopic (exact) mass is 343 g/mol. The van der Waals surface area contributed by atoms with Gasteiger partial charge in [0, 0.05) is 6.54 Å². The van der Waals surface area contributed by atoms with Crippen molar-refractivity contribution in [1.82, 2.24) is 5.32 Å². The van der Waals surface area contributed by atoms with Gasteiger partial charge in [-0.15, -0.1) is 0 Å². The fourth-order valence-electron chi connectivity index (χ4n) is 2.69. The molecule has 134 valence electrons. The van der Waals surface area contributed by atoms with E-state index in [-0.39, 0.29) is 0 Å². The maximum absolute atomic E-state index is 9.96. The molecule has 0 amide bonds. The smallest absolute Gasteiger partial charge is 0.161 e. The molecule has 1 unspecified atom stereocenters. The number of aliphatic hydroxyl groups is 1. The van der Waals surface area contributed by atoms with Gasteiger partial charge in [0.25, 0.3) is 0 Å². The van der Waals surface area contributed by atoms with Gasteiger partial charge in [0.15, 0.2) is 11.5 Å². The molecule has 0 bridgehead atoms. The lowest BCUT2D eigenvalue weighted by atomic mass is 10.1. The fraction of sp³-hybridized carbons (Fsp3) is 0.400. The molecule has 2 aromatic carbocycles. The highest BCUT2D eigenvalue weighted by molar-refractivity contribution is 5.43. The predicted molar refractivity (Wildman–Crippen MR) is 96.1 cm³/mol. The second-order valence-corrected chi connectivity index (χ2v) is 6.09. The molecule has 1 aliphatic heterocycles. The van der Waals surface area contributed by atoms with Crippen molar-refractivity contribution >= 4 is 0 Å². The third-order valence-corrected chi connectivity index (χ3v) is 4.00. The maximum atomic E-state index is 9.96. The summed E-state index contributed by atoms with van der Waals surface area (Å²) in [5.74, 6) is 1.63. The van der Waals surface area contributed by atoms with Crippen LogP contribution in [-0.2, 0) is 17.8 Å². The number of aliphatic hydroxyl groups excluding tert-OH is 1. The van der Waals surface area contributed by atoms with Gasteiger partial charge in [-0.05, 0) is 36.2 Å². The summed E-state index contributed by atoms with van der Waals surface area (Å²) in [6.07, 6.45) is 0.359. The summed E-state index contributed by atoms with van der Waals surface area (Å²) in [7, 11) is 0. The van der Waals surface area contributed by atoms with Gasteiger partial charge in [-0.25, -0.2) is 0 Å². The van der Waals surface area contributed by atoms with E-state index in [9.17, 15) is 5.11 Å². The van der Waals surface area contributed by atoms with Gasteiger partial charge < -0.3 is 24.6 Å². The Balaban J connectivity index is 1.30. The van der Waals surface area contributed by atoms with Gasteiger partial charge in [-0.3, -0.25) is 0 Å². The molecule has 2 aromatic rings. The van der Waals surface area contributed by atoms with E-state index in [1.807, 2.05) is 42.5 Å². The molecule has 0 radical (unpaired) electrons. The SMILES string of the molecule is OC(CNCCc1ccc2c(c1)OCCO2)COCc1ccccc1. The molecule has 1 heterocycles. The van der Waals surface area contributed by atoms with Crippen molar-refractivity contribution in [2.45, 2.75) is 19.1 Å². The average Bonchev–Trinajstić information content (AvgIpc) is 2.66. The Morgan fingerprint density at radius 1 is 1.00 bits per heavy atom. The standard InChI is InChI=1S/C20H25NO4/c22-18(15-23-14-17-4-2-1-3-5-17)13-21-9-8-16-6-7-19-20(12-16)25-11-10-24-19/h1-7,12,18,21-22H,8-11,13-15H2. The normalized spacial score (nSPS) is 14.3. The fourth-order valence-corrected chi connectivity index (χ4v) is 2.69. The molecule has 1 atom stereocenters. The van der Waals surface area contributed by atoms with Crippen molar-refractivity contribution in [1.29, 1.82) is 0 Å². The summed E-state index contributed by atoms with van der Waals surface area (Å²) < 4.78 is 16.6. The van der Waals surface area contributed by atoms with Crippen LogP contribution in [0.25, 0.3) is 0 Å². The number of nitrogens with one attached hydrogen (secondary N) is 1. The number of rotatable bonds is 9. The van der Waals surface area contributed by atoms with Crippen molar-refractivity contribution in [3.8, 4) is 11.5 Å². The van der Waals surface area contributed by atoms with E-state index < -0.39 is 6.10 Å². The molecule has 0 aliphatic carbocycles. The molecule has 5 heteroatoms. The highest BCUT2D eigenvalue weighted by Crippen LogP contribution is 2.30. The summed E-state index contributed by atoms with van der Waals surface area (Å²) in [6, 6.07) is 16.0. The van der Waals surface area contributed by atoms with Crippen molar-refractivity contribution in [2.75, 3.05) is 32.9 Å². The molecule has 0 spiro atoms. The van der Waals surface area contributed by atoms with Crippen molar-refractivity contribution < 1.29 is 19.3 Å². The predicted octanol–water partition coefficient (Wildman–Crippen LogP) is 2.17. The first-order valence-electron chi connectivity index (χ1n) is 8.70. The number of fused-ring (bicyclic) bond motifs is 1. The van der Waals surface area contributed by atoms with Gasteiger partial charge in [0.1, 0.15) is 13.2 Å². The van der Waals surface area contributed by atoms with Crippen LogP contribution in [-0.4, -0.2) is 44.1 Å². The highest BCUT2D eigenvalue weighted by atomic mass is 16.6. The molecule has 0 saturated heterocycles. The lowest BCUT2D eigenvalue weighted by Crippen LogP contribution is -2.31. The zero-order valence-electron chi connectivity index (χ0n) is 14.3. The molecule has 25 heavy (non-hydrogen) atoms. The second kappa shape index (κ2) is 9.42. The number of benzene rings is 2. The topological polar surface area (TPSA) is 60.0 Å². The lowest BCUT2D eigenvalue weighted by molar-refractivity contribution is 0.0290.